The summed E-state index contributed by atoms with van der Waals surface area (Å²) in [6.45, 7) is 0.728. The molecule has 1 unspecified atom stereocenters. The predicted octanol–water partition coefficient (Wildman–Crippen LogP) is 4.54. The summed E-state index contributed by atoms with van der Waals surface area (Å²) in [6, 6.07) is 14.5. The van der Waals surface area contributed by atoms with Crippen molar-refractivity contribution in [2.45, 2.75) is 25.5 Å². The fraction of sp³-hybridized carbons (Fsp3) is 0.200. The van der Waals surface area contributed by atoms with Crippen LogP contribution in [0.2, 0.25) is 0 Å². The van der Waals surface area contributed by atoms with Gasteiger partial charge in [0.05, 0.1) is 30.2 Å². The quantitative estimate of drug-likeness (QED) is 0.426. The lowest BCUT2D eigenvalue weighted by molar-refractivity contribution is 0.282. The van der Waals surface area contributed by atoms with E-state index < -0.39 is 0 Å². The van der Waals surface area contributed by atoms with E-state index >= 15 is 0 Å². The van der Waals surface area contributed by atoms with Gasteiger partial charge in [-0.1, -0.05) is 24.3 Å². The van der Waals surface area contributed by atoms with Gasteiger partial charge in [0.1, 0.15) is 17.7 Å². The number of aromatic nitrogens is 5. The Hall–Kier alpha value is -3.91. The lowest BCUT2D eigenvalue weighted by atomic mass is 9.94. The standard InChI is InChI=1S/C25H21FN6O/c26-17-8-7-15-10-19(22(31-20(15)11-17)18-5-2-1-4-16(18)12-33)21-6-3-9-32(21)25-23-24(28-13-27-23)29-14-30-25/h1-2,4-5,7-8,10-11,13-14,21,33H,3,6,9,12H2,(H,27,28,29,30). The Morgan fingerprint density at radius 1 is 1.09 bits per heavy atom. The largest absolute Gasteiger partial charge is 0.392 e. The fourth-order valence-electron chi connectivity index (χ4n) is 4.83. The molecule has 0 amide bonds. The van der Waals surface area contributed by atoms with E-state index in [0.29, 0.717) is 11.2 Å². The minimum atomic E-state index is -0.325. The topological polar surface area (TPSA) is 90.8 Å². The zero-order chi connectivity index (χ0) is 22.4. The molecule has 2 aromatic carbocycles. The third kappa shape index (κ3) is 3.30. The van der Waals surface area contributed by atoms with Crippen LogP contribution >= 0.6 is 0 Å². The van der Waals surface area contributed by atoms with Crippen molar-refractivity contribution in [3.63, 3.8) is 0 Å². The number of hydrogen-bond donors (Lipinski definition) is 2. The van der Waals surface area contributed by atoms with Crippen LogP contribution in [0.4, 0.5) is 10.2 Å². The monoisotopic (exact) mass is 440 g/mol. The van der Waals surface area contributed by atoms with E-state index in [0.717, 1.165) is 58.5 Å². The summed E-state index contributed by atoms with van der Waals surface area (Å²) >= 11 is 0. The number of benzene rings is 2. The maximum absolute atomic E-state index is 14.0. The molecule has 0 radical (unpaired) electrons. The first-order valence-electron chi connectivity index (χ1n) is 10.9. The highest BCUT2D eigenvalue weighted by molar-refractivity contribution is 5.86. The Morgan fingerprint density at radius 2 is 2.00 bits per heavy atom. The first-order chi connectivity index (χ1) is 16.2. The van der Waals surface area contributed by atoms with Crippen molar-refractivity contribution in [1.29, 1.82) is 0 Å². The van der Waals surface area contributed by atoms with Crippen LogP contribution in [0.15, 0.2) is 61.2 Å². The summed E-state index contributed by atoms with van der Waals surface area (Å²) in [6.07, 6.45) is 5.08. The van der Waals surface area contributed by atoms with Gasteiger partial charge < -0.3 is 15.0 Å². The molecule has 1 fully saturated rings. The second kappa shape index (κ2) is 7.90. The maximum Gasteiger partial charge on any atom is 0.182 e. The van der Waals surface area contributed by atoms with Gasteiger partial charge >= 0.3 is 0 Å². The van der Waals surface area contributed by atoms with Crippen molar-refractivity contribution < 1.29 is 9.50 Å². The smallest absolute Gasteiger partial charge is 0.182 e. The molecule has 0 bridgehead atoms. The molecule has 33 heavy (non-hydrogen) atoms. The predicted molar refractivity (Wildman–Crippen MR) is 124 cm³/mol. The lowest BCUT2D eigenvalue weighted by Gasteiger charge is -2.28. The molecular formula is C25H21FN6O. The molecular weight excluding hydrogens is 419 g/mol. The first kappa shape index (κ1) is 19.8. The molecule has 5 aromatic rings. The van der Waals surface area contributed by atoms with Gasteiger partial charge in [0.2, 0.25) is 0 Å². The minimum absolute atomic E-state index is 0.00935. The van der Waals surface area contributed by atoms with Crippen LogP contribution in [0, 0.1) is 5.82 Å². The van der Waals surface area contributed by atoms with E-state index in [1.807, 2.05) is 24.3 Å². The number of aliphatic hydroxyl groups is 1. The van der Waals surface area contributed by atoms with E-state index in [-0.39, 0.29) is 18.5 Å². The van der Waals surface area contributed by atoms with Crippen molar-refractivity contribution in [2.24, 2.45) is 0 Å². The first-order valence-corrected chi connectivity index (χ1v) is 10.9. The zero-order valence-electron chi connectivity index (χ0n) is 17.7. The molecule has 8 heteroatoms. The normalized spacial score (nSPS) is 16.2. The van der Waals surface area contributed by atoms with Crippen molar-refractivity contribution in [2.75, 3.05) is 11.4 Å². The number of imidazole rings is 1. The average molecular weight is 440 g/mol. The van der Waals surface area contributed by atoms with Gasteiger partial charge in [-0.3, -0.25) is 0 Å². The molecule has 1 aliphatic heterocycles. The minimum Gasteiger partial charge on any atom is -0.392 e. The number of aromatic amines is 1. The van der Waals surface area contributed by atoms with E-state index in [1.165, 1.54) is 18.5 Å². The van der Waals surface area contributed by atoms with Crippen molar-refractivity contribution >= 4 is 27.9 Å². The van der Waals surface area contributed by atoms with E-state index in [1.54, 1.807) is 12.4 Å². The second-order valence-corrected chi connectivity index (χ2v) is 8.23. The van der Waals surface area contributed by atoms with Gasteiger partial charge in [-0.05, 0) is 36.6 Å². The molecule has 0 spiro atoms. The molecule has 4 heterocycles. The lowest BCUT2D eigenvalue weighted by Crippen LogP contribution is -2.25. The molecule has 1 saturated heterocycles. The molecule has 164 valence electrons. The van der Waals surface area contributed by atoms with Crippen LogP contribution < -0.4 is 4.90 Å². The number of nitrogens with one attached hydrogen (secondary N) is 1. The summed E-state index contributed by atoms with van der Waals surface area (Å²) in [4.78, 5) is 23.5. The summed E-state index contributed by atoms with van der Waals surface area (Å²) in [5.74, 6) is 0.481. The zero-order valence-corrected chi connectivity index (χ0v) is 17.7. The summed E-state index contributed by atoms with van der Waals surface area (Å²) < 4.78 is 14.0. The second-order valence-electron chi connectivity index (χ2n) is 8.23. The maximum atomic E-state index is 14.0. The number of H-pyrrole nitrogens is 1. The van der Waals surface area contributed by atoms with Crippen LogP contribution in [0.1, 0.15) is 30.0 Å². The van der Waals surface area contributed by atoms with Gasteiger partial charge in [-0.15, -0.1) is 0 Å². The van der Waals surface area contributed by atoms with Crippen molar-refractivity contribution in [3.8, 4) is 11.3 Å². The third-order valence-electron chi connectivity index (χ3n) is 6.34. The number of halogens is 1. The molecule has 1 atom stereocenters. The highest BCUT2D eigenvalue weighted by Gasteiger charge is 2.32. The number of aliphatic hydroxyl groups excluding tert-OH is 1. The van der Waals surface area contributed by atoms with Crippen LogP contribution in [0.3, 0.4) is 0 Å². The summed E-state index contributed by atoms with van der Waals surface area (Å²) in [7, 11) is 0. The Morgan fingerprint density at radius 3 is 2.91 bits per heavy atom. The highest BCUT2D eigenvalue weighted by atomic mass is 19.1. The summed E-state index contributed by atoms with van der Waals surface area (Å²) in [5.41, 5.74) is 5.43. The molecule has 2 N–H and O–H groups in total. The van der Waals surface area contributed by atoms with Crippen LogP contribution in [-0.4, -0.2) is 36.6 Å². The Balaban J connectivity index is 1.58. The van der Waals surface area contributed by atoms with E-state index in [4.69, 9.17) is 4.98 Å². The number of rotatable bonds is 4. The van der Waals surface area contributed by atoms with Crippen molar-refractivity contribution in [1.82, 2.24) is 24.9 Å². The van der Waals surface area contributed by atoms with Gasteiger partial charge in [0.15, 0.2) is 11.5 Å². The number of hydrogen-bond acceptors (Lipinski definition) is 6. The molecule has 0 saturated carbocycles. The van der Waals surface area contributed by atoms with Crippen molar-refractivity contribution in [3.05, 3.63) is 78.1 Å². The van der Waals surface area contributed by atoms with E-state index in [2.05, 4.69) is 30.9 Å². The highest BCUT2D eigenvalue weighted by Crippen LogP contribution is 2.42. The molecule has 7 nitrogen and oxygen atoms in total. The molecule has 3 aromatic heterocycles. The third-order valence-corrected chi connectivity index (χ3v) is 6.34. The average Bonchev–Trinajstić information content (AvgIpc) is 3.53. The molecule has 6 rings (SSSR count). The Bertz CT molecular complexity index is 1480. The molecule has 0 aliphatic carbocycles. The van der Waals surface area contributed by atoms with E-state index in [9.17, 15) is 9.50 Å². The number of fused-ring (bicyclic) bond motifs is 2. The summed E-state index contributed by atoms with van der Waals surface area (Å²) in [5, 5.41) is 10.9. The number of nitrogens with zero attached hydrogens (tertiary/aromatic N) is 5. The van der Waals surface area contributed by atoms with Gasteiger partial charge in [0.25, 0.3) is 0 Å². The van der Waals surface area contributed by atoms with Gasteiger partial charge in [0, 0.05) is 29.1 Å². The van der Waals surface area contributed by atoms with Crippen LogP contribution in [-0.2, 0) is 6.61 Å². The Kier molecular flexibility index (Phi) is 4.73. The SMILES string of the molecule is OCc1ccccc1-c1nc2cc(F)ccc2cc1C1CCCN1c1ncnc2nc[nH]c12. The fourth-order valence-corrected chi connectivity index (χ4v) is 4.83. The molecule has 1 aliphatic rings. The Labute approximate surface area is 189 Å². The van der Waals surface area contributed by atoms with Gasteiger partial charge in [-0.25, -0.2) is 24.3 Å². The van der Waals surface area contributed by atoms with Crippen LogP contribution in [0.25, 0.3) is 33.3 Å². The number of pyridine rings is 1. The van der Waals surface area contributed by atoms with Crippen LogP contribution in [0.5, 0.6) is 0 Å². The van der Waals surface area contributed by atoms with Gasteiger partial charge in [-0.2, -0.15) is 0 Å². The number of anilines is 1.